The Morgan fingerprint density at radius 1 is 1.31 bits per heavy atom. The third kappa shape index (κ3) is 2.99. The van der Waals surface area contributed by atoms with Crippen molar-refractivity contribution in [2.24, 2.45) is 0 Å². The summed E-state index contributed by atoms with van der Waals surface area (Å²) in [6.07, 6.45) is 1.72. The molecule has 1 aliphatic rings. The Morgan fingerprint density at radius 3 is 2.85 bits per heavy atom. The molecule has 0 radical (unpaired) electrons. The minimum atomic E-state index is -0.529. The van der Waals surface area contributed by atoms with Gasteiger partial charge in [-0.3, -0.25) is 4.79 Å². The van der Waals surface area contributed by atoms with E-state index in [4.69, 9.17) is 10.5 Å². The van der Waals surface area contributed by atoms with Crippen LogP contribution < -0.4 is 10.5 Å². The summed E-state index contributed by atoms with van der Waals surface area (Å²) in [5, 5.41) is 0.948. The number of amides is 1. The molecule has 3 aromatic rings. The van der Waals surface area contributed by atoms with E-state index in [0.717, 1.165) is 27.1 Å². The normalized spacial score (nSPS) is 14.9. The maximum Gasteiger partial charge on any atom is 0.263 e. The van der Waals surface area contributed by atoms with Crippen molar-refractivity contribution in [3.8, 4) is 5.75 Å². The zero-order chi connectivity index (χ0) is 18.3. The number of thiophene rings is 1. The lowest BCUT2D eigenvalue weighted by Crippen LogP contribution is -2.42. The van der Waals surface area contributed by atoms with Crippen LogP contribution in [-0.2, 0) is 17.8 Å². The molecule has 0 unspecified atom stereocenters. The van der Waals surface area contributed by atoms with Gasteiger partial charge in [-0.1, -0.05) is 17.7 Å². The maximum absolute atomic E-state index is 12.8. The fraction of sp³-hybridized carbons (Fsp3) is 0.316. The van der Waals surface area contributed by atoms with Crippen molar-refractivity contribution in [1.29, 1.82) is 0 Å². The molecule has 2 aromatic heterocycles. The Kier molecular flexibility index (Phi) is 4.24. The van der Waals surface area contributed by atoms with Crippen LogP contribution in [0.5, 0.6) is 5.75 Å². The number of aromatic nitrogens is 2. The molecule has 0 bridgehead atoms. The number of ether oxygens (including phenoxy) is 1. The summed E-state index contributed by atoms with van der Waals surface area (Å²) >= 11 is 1.59. The largest absolute Gasteiger partial charge is 0.481 e. The van der Waals surface area contributed by atoms with Crippen LogP contribution in [0, 0.1) is 6.92 Å². The van der Waals surface area contributed by atoms with E-state index in [1.165, 1.54) is 11.9 Å². The molecule has 1 atom stereocenters. The zero-order valence-corrected chi connectivity index (χ0v) is 15.5. The summed E-state index contributed by atoms with van der Waals surface area (Å²) in [5.74, 6) is 1.22. The Bertz CT molecular complexity index is 968. The molecule has 1 aliphatic heterocycles. The number of benzene rings is 1. The summed E-state index contributed by atoms with van der Waals surface area (Å²) < 4.78 is 5.82. The number of anilines is 1. The van der Waals surface area contributed by atoms with Gasteiger partial charge in [0.05, 0.1) is 11.9 Å². The molecule has 0 spiro atoms. The van der Waals surface area contributed by atoms with Gasteiger partial charge in [0.1, 0.15) is 22.7 Å². The van der Waals surface area contributed by atoms with Crippen molar-refractivity contribution in [3.05, 3.63) is 46.6 Å². The highest BCUT2D eigenvalue weighted by molar-refractivity contribution is 7.19. The zero-order valence-electron chi connectivity index (χ0n) is 14.7. The van der Waals surface area contributed by atoms with Crippen LogP contribution in [0.4, 0.5) is 5.82 Å². The van der Waals surface area contributed by atoms with Gasteiger partial charge in [-0.25, -0.2) is 9.97 Å². The Labute approximate surface area is 155 Å². The van der Waals surface area contributed by atoms with Gasteiger partial charge in [0, 0.05) is 11.4 Å². The highest BCUT2D eigenvalue weighted by Crippen LogP contribution is 2.36. The highest BCUT2D eigenvalue weighted by atomic mass is 32.1. The van der Waals surface area contributed by atoms with Crippen LogP contribution in [0.15, 0.2) is 30.6 Å². The van der Waals surface area contributed by atoms with Crippen molar-refractivity contribution >= 4 is 33.3 Å². The van der Waals surface area contributed by atoms with Gasteiger partial charge in [0.25, 0.3) is 5.91 Å². The number of hydrogen-bond donors (Lipinski definition) is 1. The topological polar surface area (TPSA) is 81.3 Å². The Hall–Kier alpha value is -2.67. The number of nitrogen functional groups attached to an aromatic ring is 1. The van der Waals surface area contributed by atoms with Crippen LogP contribution in [-0.4, -0.2) is 33.4 Å². The van der Waals surface area contributed by atoms with Crippen molar-refractivity contribution in [1.82, 2.24) is 14.9 Å². The molecule has 0 saturated carbocycles. The number of nitrogens with two attached hydrogens (primary N) is 1. The second-order valence-electron chi connectivity index (χ2n) is 6.53. The molecule has 0 aliphatic carbocycles. The van der Waals surface area contributed by atoms with Gasteiger partial charge in [-0.05, 0) is 38.0 Å². The van der Waals surface area contributed by atoms with E-state index < -0.39 is 6.10 Å². The van der Waals surface area contributed by atoms with E-state index in [9.17, 15) is 4.79 Å². The molecule has 26 heavy (non-hydrogen) atoms. The van der Waals surface area contributed by atoms with Gasteiger partial charge < -0.3 is 15.4 Å². The number of fused-ring (bicyclic) bond motifs is 3. The first-order chi connectivity index (χ1) is 12.5. The standard InChI is InChI=1S/C19H20N4O2S/c1-11-3-5-13(6-4-11)25-12(2)19(24)23-8-7-14-15(9-23)26-18-16(14)17(20)21-10-22-18/h3-6,10,12H,7-9H2,1-2H3,(H2,20,21,22)/t12-/m0/s1. The van der Waals surface area contributed by atoms with E-state index in [0.29, 0.717) is 24.7 Å². The number of carbonyl (C=O) groups is 1. The van der Waals surface area contributed by atoms with Gasteiger partial charge in [0.15, 0.2) is 6.10 Å². The molecule has 1 aromatic carbocycles. The van der Waals surface area contributed by atoms with Crippen LogP contribution >= 0.6 is 11.3 Å². The Morgan fingerprint density at radius 2 is 2.08 bits per heavy atom. The molecule has 3 heterocycles. The van der Waals surface area contributed by atoms with E-state index >= 15 is 0 Å². The molecule has 1 amide bonds. The van der Waals surface area contributed by atoms with Crippen molar-refractivity contribution in [2.75, 3.05) is 12.3 Å². The molecular formula is C19H20N4O2S. The lowest BCUT2D eigenvalue weighted by molar-refractivity contribution is -0.138. The molecule has 7 heteroatoms. The second-order valence-corrected chi connectivity index (χ2v) is 7.61. The average Bonchev–Trinajstić information content (AvgIpc) is 3.01. The fourth-order valence-corrected chi connectivity index (χ4v) is 4.48. The predicted octanol–water partition coefficient (Wildman–Crippen LogP) is 2.93. The average molecular weight is 368 g/mol. The quantitative estimate of drug-likeness (QED) is 0.769. The molecular weight excluding hydrogens is 348 g/mol. The van der Waals surface area contributed by atoms with Crippen LogP contribution in [0.1, 0.15) is 22.9 Å². The van der Waals surface area contributed by atoms with E-state index in [1.54, 1.807) is 18.3 Å². The monoisotopic (exact) mass is 368 g/mol. The SMILES string of the molecule is Cc1ccc(O[C@@H](C)C(=O)N2CCc3c(sc4ncnc(N)c34)C2)cc1. The minimum absolute atomic E-state index is 0.00672. The number of hydrogen-bond acceptors (Lipinski definition) is 6. The van der Waals surface area contributed by atoms with Crippen molar-refractivity contribution in [2.45, 2.75) is 32.9 Å². The first-order valence-corrected chi connectivity index (χ1v) is 9.37. The van der Waals surface area contributed by atoms with Crippen LogP contribution in [0.25, 0.3) is 10.2 Å². The molecule has 0 fully saturated rings. The van der Waals surface area contributed by atoms with E-state index in [2.05, 4.69) is 9.97 Å². The number of nitrogens with zero attached hydrogens (tertiary/aromatic N) is 3. The lowest BCUT2D eigenvalue weighted by atomic mass is 10.0. The Balaban J connectivity index is 1.51. The molecule has 6 nitrogen and oxygen atoms in total. The van der Waals surface area contributed by atoms with Gasteiger partial charge in [-0.15, -0.1) is 11.3 Å². The maximum atomic E-state index is 12.8. The summed E-state index contributed by atoms with van der Waals surface area (Å²) in [6.45, 7) is 5.03. The molecule has 0 saturated heterocycles. The second kappa shape index (κ2) is 6.57. The van der Waals surface area contributed by atoms with Gasteiger partial charge in [-0.2, -0.15) is 0 Å². The highest BCUT2D eigenvalue weighted by Gasteiger charge is 2.29. The third-order valence-corrected chi connectivity index (χ3v) is 5.78. The van der Waals surface area contributed by atoms with Crippen molar-refractivity contribution < 1.29 is 9.53 Å². The summed E-state index contributed by atoms with van der Waals surface area (Å²) in [7, 11) is 0. The fourth-order valence-electron chi connectivity index (χ4n) is 3.27. The summed E-state index contributed by atoms with van der Waals surface area (Å²) in [4.78, 5) is 25.1. The van der Waals surface area contributed by atoms with Crippen molar-refractivity contribution in [3.63, 3.8) is 0 Å². The number of rotatable bonds is 3. The minimum Gasteiger partial charge on any atom is -0.481 e. The smallest absolute Gasteiger partial charge is 0.263 e. The predicted molar refractivity (Wildman–Crippen MR) is 102 cm³/mol. The third-order valence-electron chi connectivity index (χ3n) is 4.66. The van der Waals surface area contributed by atoms with Gasteiger partial charge >= 0.3 is 0 Å². The van der Waals surface area contributed by atoms with Crippen LogP contribution in [0.3, 0.4) is 0 Å². The van der Waals surface area contributed by atoms with Gasteiger partial charge in [0.2, 0.25) is 0 Å². The first-order valence-electron chi connectivity index (χ1n) is 8.56. The summed E-state index contributed by atoms with van der Waals surface area (Å²) in [5.41, 5.74) is 8.36. The molecule has 134 valence electrons. The van der Waals surface area contributed by atoms with E-state index in [1.807, 2.05) is 36.1 Å². The number of carbonyl (C=O) groups excluding carboxylic acids is 1. The number of aryl methyl sites for hydroxylation is 1. The lowest BCUT2D eigenvalue weighted by Gasteiger charge is -2.29. The first kappa shape index (κ1) is 16.8. The molecule has 4 rings (SSSR count). The van der Waals surface area contributed by atoms with E-state index in [-0.39, 0.29) is 5.91 Å². The summed E-state index contributed by atoms with van der Waals surface area (Å²) in [6, 6.07) is 7.73. The van der Waals surface area contributed by atoms with Crippen LogP contribution in [0.2, 0.25) is 0 Å². The molecule has 2 N–H and O–H groups in total.